The van der Waals surface area contributed by atoms with Gasteiger partial charge in [0.2, 0.25) is 17.7 Å². The summed E-state index contributed by atoms with van der Waals surface area (Å²) in [6, 6.07) is 8.45. The highest BCUT2D eigenvalue weighted by Gasteiger charge is 2.25. The monoisotopic (exact) mass is 778 g/mol. The number of aliphatic imine (C=N–C) groups is 1. The van der Waals surface area contributed by atoms with E-state index in [0.29, 0.717) is 56.6 Å². The Kier molecular flexibility index (Phi) is 12.6. The fraction of sp³-hybridized carbons (Fsp3) is 0.390. The van der Waals surface area contributed by atoms with Crippen LogP contribution in [-0.4, -0.2) is 91.4 Å². The van der Waals surface area contributed by atoms with Gasteiger partial charge >= 0.3 is 0 Å². The van der Waals surface area contributed by atoms with E-state index in [4.69, 9.17) is 14.7 Å². The van der Waals surface area contributed by atoms with Gasteiger partial charge in [-0.3, -0.25) is 19.4 Å². The highest BCUT2D eigenvalue weighted by molar-refractivity contribution is 7.19. The van der Waals surface area contributed by atoms with Gasteiger partial charge in [0.25, 0.3) is 0 Å². The number of imidazole rings is 2. The number of aryl methyl sites for hydroxylation is 1. The van der Waals surface area contributed by atoms with Gasteiger partial charge in [0.05, 0.1) is 78.0 Å². The van der Waals surface area contributed by atoms with Crippen molar-refractivity contribution in [3.63, 3.8) is 0 Å². The minimum atomic E-state index is -0.156. The standard InChI is InChI=1S/C41H50N10O4S/c1-8-15-50(37(53)20-42-25(5)55-7)22-34-43-18-32(48-34)27-11-12-28(39-31(27)17-24(4)46-39)29-13-14-30(40-41(29)56-26(6)47-40)33-19-44-35(49-33)23-51(16-9-2)38(54)21-45-36(52)10-3/h11-14,18-19,42H,5,8-10,15-17,20-23H2,1-4,6-7H3,(H,43,48)(H,44,49)(H,45,52). The van der Waals surface area contributed by atoms with Crippen molar-refractivity contribution in [3.8, 4) is 33.6 Å². The minimum Gasteiger partial charge on any atom is -0.483 e. The van der Waals surface area contributed by atoms with Crippen molar-refractivity contribution in [3.05, 3.63) is 71.3 Å². The zero-order chi connectivity index (χ0) is 39.9. The molecular formula is C41H50N10O4S. The van der Waals surface area contributed by atoms with Crippen LogP contribution in [0.2, 0.25) is 0 Å². The number of aromatic amines is 2. The molecule has 15 heteroatoms. The maximum absolute atomic E-state index is 13.0. The fourth-order valence-electron chi connectivity index (χ4n) is 6.86. The lowest BCUT2D eigenvalue weighted by molar-refractivity contribution is -0.133. The smallest absolute Gasteiger partial charge is 0.242 e. The number of aromatic nitrogens is 5. The van der Waals surface area contributed by atoms with E-state index >= 15 is 0 Å². The molecule has 3 amide bonds. The van der Waals surface area contributed by atoms with Crippen LogP contribution in [0, 0.1) is 6.92 Å². The van der Waals surface area contributed by atoms with Crippen LogP contribution in [0.3, 0.4) is 0 Å². The molecular weight excluding hydrogens is 729 g/mol. The Labute approximate surface area is 330 Å². The summed E-state index contributed by atoms with van der Waals surface area (Å²) in [4.78, 5) is 67.4. The van der Waals surface area contributed by atoms with Crippen molar-refractivity contribution < 1.29 is 19.1 Å². The van der Waals surface area contributed by atoms with Gasteiger partial charge in [0.15, 0.2) is 5.88 Å². The lowest BCUT2D eigenvalue weighted by Crippen LogP contribution is -2.40. The lowest BCUT2D eigenvalue weighted by Gasteiger charge is -2.21. The Morgan fingerprint density at radius 1 is 0.839 bits per heavy atom. The number of rotatable bonds is 18. The first kappa shape index (κ1) is 39.9. The molecule has 14 nitrogen and oxygen atoms in total. The average Bonchev–Trinajstić information content (AvgIpc) is 4.01. The highest BCUT2D eigenvalue weighted by atomic mass is 32.1. The van der Waals surface area contributed by atoms with E-state index in [1.54, 1.807) is 34.3 Å². The third-order valence-electron chi connectivity index (χ3n) is 9.61. The minimum absolute atomic E-state index is 0.0387. The van der Waals surface area contributed by atoms with E-state index in [1.807, 2.05) is 33.9 Å². The van der Waals surface area contributed by atoms with Gasteiger partial charge in [-0.15, -0.1) is 11.3 Å². The first-order chi connectivity index (χ1) is 27.0. The summed E-state index contributed by atoms with van der Waals surface area (Å²) in [5, 5.41) is 6.52. The lowest BCUT2D eigenvalue weighted by atomic mass is 9.93. The number of nitrogens with zero attached hydrogens (tertiary/aromatic N) is 6. The summed E-state index contributed by atoms with van der Waals surface area (Å²) in [5.41, 5.74) is 9.65. The number of amides is 3. The number of fused-ring (bicyclic) bond motifs is 2. The molecule has 294 valence electrons. The van der Waals surface area contributed by atoms with Crippen LogP contribution in [0.4, 0.5) is 5.69 Å². The number of nitrogens with one attached hydrogen (secondary N) is 4. The number of carbonyl (C=O) groups is 3. The second-order valence-corrected chi connectivity index (χ2v) is 15.0. The maximum atomic E-state index is 13.0. The van der Waals surface area contributed by atoms with Crippen LogP contribution in [-0.2, 0) is 38.6 Å². The molecule has 0 aliphatic carbocycles. The topological polar surface area (TPSA) is 174 Å². The molecule has 0 radical (unpaired) electrons. The molecule has 0 spiro atoms. The summed E-state index contributed by atoms with van der Waals surface area (Å²) >= 11 is 1.64. The molecule has 0 atom stereocenters. The molecule has 5 aromatic rings. The summed E-state index contributed by atoms with van der Waals surface area (Å²) in [5.74, 6) is 1.32. The molecule has 2 aromatic carbocycles. The summed E-state index contributed by atoms with van der Waals surface area (Å²) in [6.45, 7) is 15.5. The molecule has 4 N–H and O–H groups in total. The second-order valence-electron chi connectivity index (χ2n) is 13.8. The van der Waals surface area contributed by atoms with Gasteiger partial charge in [-0.1, -0.05) is 39.0 Å². The van der Waals surface area contributed by atoms with Crippen molar-refractivity contribution in [1.82, 2.24) is 45.4 Å². The molecule has 6 rings (SSSR count). The van der Waals surface area contributed by atoms with Crippen LogP contribution >= 0.6 is 11.3 Å². The number of hydrogen-bond donors (Lipinski definition) is 4. The van der Waals surface area contributed by atoms with Gasteiger partial charge in [-0.2, -0.15) is 0 Å². The first-order valence-electron chi connectivity index (χ1n) is 19.0. The zero-order valence-corrected chi connectivity index (χ0v) is 33.8. The normalized spacial score (nSPS) is 12.0. The van der Waals surface area contributed by atoms with Gasteiger partial charge in [-0.25, -0.2) is 15.0 Å². The van der Waals surface area contributed by atoms with Crippen molar-refractivity contribution in [1.29, 1.82) is 0 Å². The van der Waals surface area contributed by atoms with E-state index in [1.165, 1.54) is 7.11 Å². The largest absolute Gasteiger partial charge is 0.483 e. The van der Waals surface area contributed by atoms with Crippen LogP contribution in [0.15, 0.2) is 54.1 Å². The quantitative estimate of drug-likeness (QED) is 0.0739. The molecule has 0 bridgehead atoms. The van der Waals surface area contributed by atoms with Gasteiger partial charge in [-0.05, 0) is 44.9 Å². The fourth-order valence-corrected chi connectivity index (χ4v) is 7.83. The maximum Gasteiger partial charge on any atom is 0.242 e. The van der Waals surface area contributed by atoms with Crippen LogP contribution in [0.25, 0.3) is 43.9 Å². The zero-order valence-electron chi connectivity index (χ0n) is 33.0. The Bertz CT molecular complexity index is 2290. The Morgan fingerprint density at radius 2 is 1.41 bits per heavy atom. The number of thiazole rings is 1. The van der Waals surface area contributed by atoms with Crippen molar-refractivity contribution in [2.45, 2.75) is 73.4 Å². The average molecular weight is 779 g/mol. The highest BCUT2D eigenvalue weighted by Crippen LogP contribution is 2.46. The van der Waals surface area contributed by atoms with Crippen molar-refractivity contribution in [2.75, 3.05) is 33.3 Å². The van der Waals surface area contributed by atoms with E-state index < -0.39 is 0 Å². The van der Waals surface area contributed by atoms with Gasteiger partial charge in [0, 0.05) is 53.9 Å². The van der Waals surface area contributed by atoms with E-state index in [2.05, 4.69) is 61.4 Å². The summed E-state index contributed by atoms with van der Waals surface area (Å²) < 4.78 is 6.09. The second kappa shape index (κ2) is 17.8. The molecule has 1 aliphatic heterocycles. The molecule has 1 aliphatic rings. The number of H-pyrrole nitrogens is 2. The van der Waals surface area contributed by atoms with E-state index in [0.717, 1.165) is 78.7 Å². The Hall–Kier alpha value is -5.83. The van der Waals surface area contributed by atoms with Crippen molar-refractivity contribution in [2.24, 2.45) is 4.99 Å². The Balaban J connectivity index is 1.27. The van der Waals surface area contributed by atoms with Crippen LogP contribution in [0.1, 0.15) is 69.2 Å². The van der Waals surface area contributed by atoms with Gasteiger partial charge in [0.1, 0.15) is 11.6 Å². The summed E-state index contributed by atoms with van der Waals surface area (Å²) in [7, 11) is 1.51. The van der Waals surface area contributed by atoms with E-state index in [9.17, 15) is 14.4 Å². The van der Waals surface area contributed by atoms with Crippen LogP contribution < -0.4 is 10.6 Å². The third kappa shape index (κ3) is 8.83. The first-order valence-corrected chi connectivity index (χ1v) is 19.8. The molecule has 0 saturated carbocycles. The van der Waals surface area contributed by atoms with Crippen LogP contribution in [0.5, 0.6) is 0 Å². The molecule has 56 heavy (non-hydrogen) atoms. The number of carbonyl (C=O) groups excluding carboxylic acids is 3. The Morgan fingerprint density at radius 3 is 2.02 bits per heavy atom. The SMILES string of the molecule is C=C(NCC(=O)N(CCC)Cc1ncc(-c2ccc(-c3ccc(-c4cnc(CN(CCC)C(=O)CNC(=O)CC)[nH]4)c4nc(C)sc34)c3c2CC(C)=N3)[nH]1)OC. The van der Waals surface area contributed by atoms with E-state index in [-0.39, 0.29) is 30.8 Å². The molecule has 0 fully saturated rings. The summed E-state index contributed by atoms with van der Waals surface area (Å²) in [6.07, 6.45) is 6.26. The predicted molar refractivity (Wildman–Crippen MR) is 220 cm³/mol. The molecule has 3 aromatic heterocycles. The number of ether oxygens (including phenoxy) is 1. The molecule has 0 saturated heterocycles. The van der Waals surface area contributed by atoms with Crippen molar-refractivity contribution >= 4 is 50.7 Å². The molecule has 4 heterocycles. The third-order valence-corrected chi connectivity index (χ3v) is 10.6. The number of benzene rings is 2. The molecule has 0 unspecified atom stereocenters. The number of methoxy groups -OCH3 is 1. The van der Waals surface area contributed by atoms with Gasteiger partial charge < -0.3 is 35.1 Å². The number of hydrogen-bond acceptors (Lipinski definition) is 10. The predicted octanol–water partition coefficient (Wildman–Crippen LogP) is 6.41.